The van der Waals surface area contributed by atoms with Crippen molar-refractivity contribution >= 4 is 28.6 Å². The molecule has 2 amide bonds. The van der Waals surface area contributed by atoms with Gasteiger partial charge in [-0.15, -0.1) is 0 Å². The molecule has 0 radical (unpaired) electrons. The first-order chi connectivity index (χ1) is 14.4. The molecule has 6 heteroatoms. The molecule has 0 aliphatic carbocycles. The first-order valence-electron chi connectivity index (χ1n) is 9.58. The van der Waals surface area contributed by atoms with Gasteiger partial charge < -0.3 is 9.52 Å². The van der Waals surface area contributed by atoms with E-state index in [1.54, 1.807) is 37.3 Å². The van der Waals surface area contributed by atoms with Gasteiger partial charge in [0.25, 0.3) is 11.8 Å². The Labute approximate surface area is 172 Å². The maximum Gasteiger partial charge on any atom is 0.266 e. The highest BCUT2D eigenvalue weighted by Gasteiger charge is 2.37. The molecule has 1 aromatic heterocycles. The van der Waals surface area contributed by atoms with Crippen molar-refractivity contribution in [1.82, 2.24) is 4.98 Å². The number of nitrogens with zero attached hydrogens (tertiary/aromatic N) is 2. The molecule has 5 rings (SSSR count). The van der Waals surface area contributed by atoms with Gasteiger partial charge >= 0.3 is 0 Å². The number of aromatic hydroxyl groups is 1. The number of hydrogen-bond donors (Lipinski definition) is 1. The highest BCUT2D eigenvalue weighted by Crippen LogP contribution is 2.35. The number of oxazole rings is 1. The van der Waals surface area contributed by atoms with Crippen molar-refractivity contribution in [3.8, 4) is 5.75 Å². The third kappa shape index (κ3) is 2.85. The first kappa shape index (κ1) is 18.1. The fourth-order valence-corrected chi connectivity index (χ4v) is 3.87. The van der Waals surface area contributed by atoms with Crippen LogP contribution in [0.4, 0.5) is 5.69 Å². The Balaban J connectivity index is 1.50. The van der Waals surface area contributed by atoms with Gasteiger partial charge in [0, 0.05) is 6.92 Å². The zero-order valence-corrected chi connectivity index (χ0v) is 16.5. The molecule has 1 aliphatic heterocycles. The van der Waals surface area contributed by atoms with Crippen LogP contribution in [-0.2, 0) is 6.42 Å². The Morgan fingerprint density at radius 2 is 1.63 bits per heavy atom. The van der Waals surface area contributed by atoms with Crippen molar-refractivity contribution < 1.29 is 19.1 Å². The number of aromatic nitrogens is 1. The van der Waals surface area contributed by atoms with Gasteiger partial charge in [-0.1, -0.05) is 23.8 Å². The molecular formula is C24H18N2O4. The summed E-state index contributed by atoms with van der Waals surface area (Å²) < 4.78 is 5.51. The topological polar surface area (TPSA) is 83.6 Å². The van der Waals surface area contributed by atoms with Crippen LogP contribution in [0.25, 0.3) is 11.1 Å². The quantitative estimate of drug-likeness (QED) is 0.512. The minimum atomic E-state index is -0.429. The Bertz CT molecular complexity index is 1350. The fourth-order valence-electron chi connectivity index (χ4n) is 3.87. The van der Waals surface area contributed by atoms with Gasteiger partial charge in [-0.05, 0) is 60.9 Å². The van der Waals surface area contributed by atoms with Gasteiger partial charge in [0.1, 0.15) is 11.3 Å². The maximum absolute atomic E-state index is 12.9. The van der Waals surface area contributed by atoms with Gasteiger partial charge in [0.15, 0.2) is 11.5 Å². The van der Waals surface area contributed by atoms with Gasteiger partial charge in [-0.2, -0.15) is 0 Å². The van der Waals surface area contributed by atoms with E-state index in [2.05, 4.69) is 4.98 Å². The van der Waals surface area contributed by atoms with Crippen LogP contribution in [0.3, 0.4) is 0 Å². The SMILES string of the molecule is Cc1ccc2c(c1)C(=O)N(c1cc(Cc3ccc4oc(C)nc4c3)ccc1O)C2=O. The summed E-state index contributed by atoms with van der Waals surface area (Å²) >= 11 is 0. The summed E-state index contributed by atoms with van der Waals surface area (Å²) in [6.07, 6.45) is 0.553. The molecule has 0 spiro atoms. The summed E-state index contributed by atoms with van der Waals surface area (Å²) in [5.74, 6) is -0.366. The van der Waals surface area contributed by atoms with E-state index in [0.29, 0.717) is 23.4 Å². The second kappa shape index (κ2) is 6.56. The van der Waals surface area contributed by atoms with Crippen LogP contribution < -0.4 is 4.90 Å². The minimum absolute atomic E-state index is 0.118. The van der Waals surface area contributed by atoms with Gasteiger partial charge in [0.05, 0.1) is 16.8 Å². The van der Waals surface area contributed by atoms with E-state index in [1.807, 2.05) is 25.1 Å². The lowest BCUT2D eigenvalue weighted by Crippen LogP contribution is -2.29. The van der Waals surface area contributed by atoms with Gasteiger partial charge in [-0.25, -0.2) is 9.88 Å². The molecule has 0 saturated heterocycles. The van der Waals surface area contributed by atoms with E-state index in [4.69, 9.17) is 4.42 Å². The van der Waals surface area contributed by atoms with Gasteiger partial charge in [-0.3, -0.25) is 9.59 Å². The van der Waals surface area contributed by atoms with Crippen molar-refractivity contribution in [3.05, 3.63) is 88.3 Å². The standard InChI is InChI=1S/C24H18N2O4/c1-13-3-6-17-18(9-13)24(29)26(23(17)28)20-12-16(4-7-21(20)27)10-15-5-8-22-19(11-15)25-14(2)30-22/h3-9,11-12,27H,10H2,1-2H3. The lowest BCUT2D eigenvalue weighted by Gasteiger charge is -2.16. The predicted molar refractivity (Wildman–Crippen MR) is 112 cm³/mol. The number of anilines is 1. The molecule has 1 N–H and O–H groups in total. The summed E-state index contributed by atoms with van der Waals surface area (Å²) in [6.45, 7) is 3.67. The van der Waals surface area contributed by atoms with Gasteiger partial charge in [0.2, 0.25) is 0 Å². The number of amides is 2. The largest absolute Gasteiger partial charge is 0.506 e. The van der Waals surface area contributed by atoms with Crippen LogP contribution in [0.2, 0.25) is 0 Å². The van der Waals surface area contributed by atoms with Crippen molar-refractivity contribution in [2.24, 2.45) is 0 Å². The molecule has 6 nitrogen and oxygen atoms in total. The predicted octanol–water partition coefficient (Wildman–Crippen LogP) is 4.54. The maximum atomic E-state index is 12.9. The Morgan fingerprint density at radius 3 is 2.47 bits per heavy atom. The number of imide groups is 1. The molecule has 2 heterocycles. The van der Waals surface area contributed by atoms with Crippen LogP contribution in [0, 0.1) is 13.8 Å². The molecule has 1 aliphatic rings. The number of rotatable bonds is 3. The van der Waals surface area contributed by atoms with Crippen LogP contribution >= 0.6 is 0 Å². The number of carbonyl (C=O) groups is 2. The third-order valence-electron chi connectivity index (χ3n) is 5.29. The smallest absolute Gasteiger partial charge is 0.266 e. The Morgan fingerprint density at radius 1 is 0.900 bits per heavy atom. The number of carbonyl (C=O) groups excluding carboxylic acids is 2. The van der Waals surface area contributed by atoms with Crippen LogP contribution in [0.1, 0.15) is 43.3 Å². The first-order valence-corrected chi connectivity index (χ1v) is 9.58. The van der Waals surface area contributed by atoms with E-state index in [9.17, 15) is 14.7 Å². The number of benzene rings is 3. The summed E-state index contributed by atoms with van der Waals surface area (Å²) in [6, 6.07) is 15.9. The second-order valence-corrected chi connectivity index (χ2v) is 7.53. The lowest BCUT2D eigenvalue weighted by molar-refractivity contribution is 0.0925. The highest BCUT2D eigenvalue weighted by atomic mass is 16.3. The molecule has 30 heavy (non-hydrogen) atoms. The monoisotopic (exact) mass is 398 g/mol. The lowest BCUT2D eigenvalue weighted by atomic mass is 10.0. The normalized spacial score (nSPS) is 13.3. The Kier molecular flexibility index (Phi) is 3.96. The molecule has 0 bridgehead atoms. The number of phenolic OH excluding ortho intramolecular Hbond substituents is 1. The number of aryl methyl sites for hydroxylation is 2. The number of hydrogen-bond acceptors (Lipinski definition) is 5. The zero-order chi connectivity index (χ0) is 21.0. The van der Waals surface area contributed by atoms with Crippen molar-refractivity contribution in [3.63, 3.8) is 0 Å². The average molecular weight is 398 g/mol. The molecule has 4 aromatic rings. The zero-order valence-electron chi connectivity index (χ0n) is 16.5. The summed E-state index contributed by atoms with van der Waals surface area (Å²) in [5.41, 5.74) is 5.16. The summed E-state index contributed by atoms with van der Waals surface area (Å²) in [5, 5.41) is 10.4. The van der Waals surface area contributed by atoms with E-state index < -0.39 is 11.8 Å². The van der Waals surface area contributed by atoms with Crippen molar-refractivity contribution in [1.29, 1.82) is 0 Å². The van der Waals surface area contributed by atoms with E-state index in [1.165, 1.54) is 6.07 Å². The molecule has 0 unspecified atom stereocenters. The molecule has 0 saturated carbocycles. The number of phenols is 1. The van der Waals surface area contributed by atoms with Crippen molar-refractivity contribution in [2.45, 2.75) is 20.3 Å². The third-order valence-corrected chi connectivity index (χ3v) is 5.29. The molecule has 3 aromatic carbocycles. The second-order valence-electron chi connectivity index (χ2n) is 7.53. The summed E-state index contributed by atoms with van der Waals surface area (Å²) in [4.78, 5) is 31.2. The van der Waals surface area contributed by atoms with E-state index in [0.717, 1.165) is 32.7 Å². The molecular weight excluding hydrogens is 380 g/mol. The van der Waals surface area contributed by atoms with E-state index in [-0.39, 0.29) is 11.4 Å². The Hall–Kier alpha value is -3.93. The van der Waals surface area contributed by atoms with Crippen LogP contribution in [-0.4, -0.2) is 21.9 Å². The summed E-state index contributed by atoms with van der Waals surface area (Å²) in [7, 11) is 0. The fraction of sp³-hybridized carbons (Fsp3) is 0.125. The average Bonchev–Trinajstić information content (AvgIpc) is 3.19. The molecule has 0 atom stereocenters. The molecule has 0 fully saturated rings. The van der Waals surface area contributed by atoms with Crippen molar-refractivity contribution in [2.75, 3.05) is 4.90 Å². The molecule has 148 valence electrons. The highest BCUT2D eigenvalue weighted by molar-refractivity contribution is 6.34. The van der Waals surface area contributed by atoms with Crippen LogP contribution in [0.5, 0.6) is 5.75 Å². The van der Waals surface area contributed by atoms with Crippen LogP contribution in [0.15, 0.2) is 59.0 Å². The van der Waals surface area contributed by atoms with E-state index >= 15 is 0 Å². The number of fused-ring (bicyclic) bond motifs is 2. The minimum Gasteiger partial charge on any atom is -0.506 e.